The molecule has 1 aliphatic carbocycles. The minimum absolute atomic E-state index is 0.141. The van der Waals surface area contributed by atoms with E-state index in [4.69, 9.17) is 4.74 Å². The first-order chi connectivity index (χ1) is 13.5. The quantitative estimate of drug-likeness (QED) is 0.324. The minimum Gasteiger partial charge on any atom is -0.451 e. The summed E-state index contributed by atoms with van der Waals surface area (Å²) >= 11 is 0. The van der Waals surface area contributed by atoms with Crippen molar-refractivity contribution in [3.8, 4) is 6.07 Å². The van der Waals surface area contributed by atoms with Crippen molar-refractivity contribution in [2.24, 2.45) is 0 Å². The molecule has 0 heterocycles. The summed E-state index contributed by atoms with van der Waals surface area (Å²) in [6.45, 7) is 0.137. The fourth-order valence-electron chi connectivity index (χ4n) is 2.93. The molecule has 0 aromatic heterocycles. The number of nitrogens with zero attached hydrogens (tertiary/aromatic N) is 2. The topological polar surface area (TPSA) is 82.4 Å². The third-order valence-electron chi connectivity index (χ3n) is 4.55. The van der Waals surface area contributed by atoms with E-state index >= 15 is 0 Å². The number of benzene rings is 1. The number of carbonyl (C=O) groups excluding carboxylic acids is 2. The van der Waals surface area contributed by atoms with Crippen LogP contribution in [0.25, 0.3) is 6.08 Å². The van der Waals surface area contributed by atoms with Crippen molar-refractivity contribution in [1.82, 2.24) is 5.32 Å². The zero-order valence-corrected chi connectivity index (χ0v) is 16.5. The first-order valence-corrected chi connectivity index (χ1v) is 9.50. The van der Waals surface area contributed by atoms with Crippen LogP contribution in [0, 0.1) is 11.3 Å². The Kier molecular flexibility index (Phi) is 8.29. The molecule has 148 valence electrons. The van der Waals surface area contributed by atoms with Gasteiger partial charge in [-0.25, -0.2) is 4.79 Å². The summed E-state index contributed by atoms with van der Waals surface area (Å²) in [5.74, 6) is -1.17. The highest BCUT2D eigenvalue weighted by atomic mass is 16.5. The summed E-state index contributed by atoms with van der Waals surface area (Å²) < 4.78 is 4.97. The van der Waals surface area contributed by atoms with Crippen molar-refractivity contribution in [1.29, 1.82) is 5.26 Å². The molecular weight excluding hydrogens is 354 g/mol. The Morgan fingerprint density at radius 2 is 2.00 bits per heavy atom. The molecule has 0 unspecified atom stereocenters. The molecule has 0 fully saturated rings. The van der Waals surface area contributed by atoms with E-state index in [9.17, 15) is 14.9 Å². The number of esters is 1. The molecule has 0 saturated carbocycles. The van der Waals surface area contributed by atoms with Gasteiger partial charge in [-0.1, -0.05) is 23.8 Å². The lowest BCUT2D eigenvalue weighted by atomic mass is 9.97. The fraction of sp³-hybridized carbons (Fsp3) is 0.409. The van der Waals surface area contributed by atoms with Gasteiger partial charge in [-0.2, -0.15) is 5.26 Å². The maximum Gasteiger partial charge on any atom is 0.349 e. The van der Waals surface area contributed by atoms with Gasteiger partial charge in [-0.05, 0) is 55.9 Å². The number of rotatable bonds is 8. The summed E-state index contributed by atoms with van der Waals surface area (Å²) in [6.07, 6.45) is 9.17. The van der Waals surface area contributed by atoms with Gasteiger partial charge >= 0.3 is 5.97 Å². The lowest BCUT2D eigenvalue weighted by molar-refractivity contribution is -0.144. The molecule has 0 aliphatic heterocycles. The average molecular weight is 381 g/mol. The van der Waals surface area contributed by atoms with Crippen molar-refractivity contribution in [3.05, 3.63) is 47.1 Å². The molecule has 28 heavy (non-hydrogen) atoms. The van der Waals surface area contributed by atoms with Crippen LogP contribution < -0.4 is 10.2 Å². The van der Waals surface area contributed by atoms with Crippen LogP contribution in [0.5, 0.6) is 0 Å². The molecule has 1 aromatic rings. The lowest BCUT2D eigenvalue weighted by Gasteiger charge is -2.13. The molecule has 0 spiro atoms. The maximum atomic E-state index is 12.1. The fourth-order valence-corrected chi connectivity index (χ4v) is 2.93. The van der Waals surface area contributed by atoms with Crippen LogP contribution in [0.2, 0.25) is 0 Å². The SMILES string of the molecule is CN(C)c1ccc(/C=C(\C#N)C(=O)OCC(=O)NCCC2=CCCCC2)cc1. The van der Waals surface area contributed by atoms with Crippen molar-refractivity contribution in [2.75, 3.05) is 32.1 Å². The van der Waals surface area contributed by atoms with Gasteiger partial charge < -0.3 is 15.0 Å². The number of allylic oxidation sites excluding steroid dienone is 1. The largest absolute Gasteiger partial charge is 0.451 e. The standard InChI is InChI=1S/C22H27N3O3/c1-25(2)20-10-8-18(9-11-20)14-19(15-23)22(27)28-16-21(26)24-13-12-17-6-4-3-5-7-17/h6,8-11,14H,3-5,7,12-13,16H2,1-2H3,(H,24,26)/b19-14+. The first kappa shape index (κ1) is 21.2. The molecule has 1 aromatic carbocycles. The normalized spacial score (nSPS) is 13.9. The highest BCUT2D eigenvalue weighted by molar-refractivity contribution is 5.98. The number of hydrogen-bond acceptors (Lipinski definition) is 5. The van der Waals surface area contributed by atoms with E-state index in [2.05, 4.69) is 11.4 Å². The van der Waals surface area contributed by atoms with Gasteiger partial charge in [0, 0.05) is 26.3 Å². The Morgan fingerprint density at radius 3 is 2.61 bits per heavy atom. The van der Waals surface area contributed by atoms with Gasteiger partial charge in [0.05, 0.1) is 0 Å². The Hall–Kier alpha value is -3.07. The van der Waals surface area contributed by atoms with Gasteiger partial charge in [0.25, 0.3) is 5.91 Å². The van der Waals surface area contributed by atoms with E-state index < -0.39 is 12.6 Å². The van der Waals surface area contributed by atoms with Crippen LogP contribution in [0.1, 0.15) is 37.7 Å². The molecular formula is C22H27N3O3. The molecule has 0 saturated heterocycles. The second kappa shape index (κ2) is 10.9. The smallest absolute Gasteiger partial charge is 0.349 e. The molecule has 1 N–H and O–H groups in total. The van der Waals surface area contributed by atoms with Gasteiger partial charge in [0.15, 0.2) is 6.61 Å². The molecule has 6 heteroatoms. The number of amides is 1. The second-order valence-electron chi connectivity index (χ2n) is 6.94. The highest BCUT2D eigenvalue weighted by Crippen LogP contribution is 2.19. The zero-order chi connectivity index (χ0) is 20.4. The molecule has 0 radical (unpaired) electrons. The molecule has 2 rings (SSSR count). The minimum atomic E-state index is -0.802. The summed E-state index contributed by atoms with van der Waals surface area (Å²) in [7, 11) is 3.86. The monoisotopic (exact) mass is 381 g/mol. The van der Waals surface area contributed by atoms with E-state index in [1.807, 2.05) is 49.3 Å². The van der Waals surface area contributed by atoms with Crippen LogP contribution in [-0.4, -0.2) is 39.1 Å². The van der Waals surface area contributed by atoms with Gasteiger partial charge in [-0.3, -0.25) is 4.79 Å². The van der Waals surface area contributed by atoms with Gasteiger partial charge in [-0.15, -0.1) is 0 Å². The van der Waals surface area contributed by atoms with E-state index in [1.54, 1.807) is 0 Å². The van der Waals surface area contributed by atoms with E-state index in [0.717, 1.165) is 24.9 Å². The summed E-state index contributed by atoms with van der Waals surface area (Å²) in [5.41, 5.74) is 2.96. The predicted octanol–water partition coefficient (Wildman–Crippen LogP) is 3.21. The van der Waals surface area contributed by atoms with Crippen molar-refractivity contribution in [2.45, 2.75) is 32.1 Å². The van der Waals surface area contributed by atoms with Crippen LogP contribution in [0.3, 0.4) is 0 Å². The summed E-state index contributed by atoms with van der Waals surface area (Å²) in [5, 5.41) is 12.0. The summed E-state index contributed by atoms with van der Waals surface area (Å²) in [6, 6.07) is 9.24. The van der Waals surface area contributed by atoms with Crippen molar-refractivity contribution >= 4 is 23.6 Å². The van der Waals surface area contributed by atoms with Crippen molar-refractivity contribution < 1.29 is 14.3 Å². The molecule has 0 atom stereocenters. The zero-order valence-electron chi connectivity index (χ0n) is 16.5. The Balaban J connectivity index is 1.80. The third kappa shape index (κ3) is 6.92. The number of ether oxygens (including phenoxy) is 1. The van der Waals surface area contributed by atoms with E-state index in [1.165, 1.54) is 24.5 Å². The van der Waals surface area contributed by atoms with Crippen LogP contribution in [-0.2, 0) is 14.3 Å². The third-order valence-corrected chi connectivity index (χ3v) is 4.55. The van der Waals surface area contributed by atoms with Crippen LogP contribution in [0.4, 0.5) is 5.69 Å². The predicted molar refractivity (Wildman–Crippen MR) is 109 cm³/mol. The Morgan fingerprint density at radius 1 is 1.25 bits per heavy atom. The Bertz CT molecular complexity index is 786. The number of hydrogen-bond donors (Lipinski definition) is 1. The molecule has 0 bridgehead atoms. The average Bonchev–Trinajstić information content (AvgIpc) is 2.71. The second-order valence-corrected chi connectivity index (χ2v) is 6.94. The number of nitriles is 1. The van der Waals surface area contributed by atoms with Crippen molar-refractivity contribution in [3.63, 3.8) is 0 Å². The summed E-state index contributed by atoms with van der Waals surface area (Å²) in [4.78, 5) is 25.9. The molecule has 1 aliphatic rings. The van der Waals surface area contributed by atoms with E-state index in [-0.39, 0.29) is 11.5 Å². The number of carbonyl (C=O) groups is 2. The van der Waals surface area contributed by atoms with Crippen LogP contribution >= 0.6 is 0 Å². The lowest BCUT2D eigenvalue weighted by Crippen LogP contribution is -2.30. The maximum absolute atomic E-state index is 12.1. The Labute approximate surface area is 166 Å². The van der Waals surface area contributed by atoms with E-state index in [0.29, 0.717) is 12.1 Å². The number of anilines is 1. The molecule has 6 nitrogen and oxygen atoms in total. The van der Waals surface area contributed by atoms with Gasteiger partial charge in [0.2, 0.25) is 0 Å². The van der Waals surface area contributed by atoms with Gasteiger partial charge in [0.1, 0.15) is 11.6 Å². The highest BCUT2D eigenvalue weighted by Gasteiger charge is 2.13. The number of nitrogens with one attached hydrogen (secondary N) is 1. The molecule has 1 amide bonds. The first-order valence-electron chi connectivity index (χ1n) is 9.50. The van der Waals surface area contributed by atoms with Crippen LogP contribution in [0.15, 0.2) is 41.5 Å².